The van der Waals surface area contributed by atoms with Crippen molar-refractivity contribution in [2.45, 2.75) is 206 Å². The Morgan fingerprint density at radius 2 is 0.826 bits per heavy atom. The van der Waals surface area contributed by atoms with Crippen molar-refractivity contribution < 1.29 is 10.2 Å². The van der Waals surface area contributed by atoms with Gasteiger partial charge >= 0.3 is 0 Å². The number of allylic oxidation sites excluding steroid dienone is 4. The van der Waals surface area contributed by atoms with Crippen molar-refractivity contribution >= 4 is 21.6 Å². The van der Waals surface area contributed by atoms with Crippen LogP contribution in [-0.4, -0.2) is 58.5 Å². The molecule has 2 atom stereocenters. The molecule has 0 heterocycles. The van der Waals surface area contributed by atoms with Gasteiger partial charge in [0.2, 0.25) is 0 Å². The summed E-state index contributed by atoms with van der Waals surface area (Å²) in [4.78, 5) is 2.34. The normalized spacial score (nSPS) is 13.5. The Morgan fingerprint density at radius 3 is 1.22 bits per heavy atom. The van der Waals surface area contributed by atoms with Crippen molar-refractivity contribution in [3.8, 4) is 0 Å². The fourth-order valence-electron chi connectivity index (χ4n) is 6.07. The maximum atomic E-state index is 10.8. The molecule has 2 N–H and O–H groups in total. The number of nitrogens with zero attached hydrogens (tertiary/aromatic N) is 1. The van der Waals surface area contributed by atoms with Gasteiger partial charge in [-0.05, 0) is 77.2 Å². The first-order chi connectivity index (χ1) is 22.6. The van der Waals surface area contributed by atoms with Crippen LogP contribution < -0.4 is 0 Å². The summed E-state index contributed by atoms with van der Waals surface area (Å²) in [5.41, 5.74) is 0. The van der Waals surface area contributed by atoms with Gasteiger partial charge in [0.15, 0.2) is 0 Å². The average molecular weight is 684 g/mol. The zero-order valence-corrected chi connectivity index (χ0v) is 32.9. The molecule has 0 aromatic carbocycles. The summed E-state index contributed by atoms with van der Waals surface area (Å²) in [6, 6.07) is 0. The third-order valence-electron chi connectivity index (χ3n) is 8.94. The Balaban J connectivity index is 4.03. The number of hydrogen-bond acceptors (Lipinski definition) is 5. The third kappa shape index (κ3) is 36.9. The Bertz CT molecular complexity index is 584. The van der Waals surface area contributed by atoms with Gasteiger partial charge in [0, 0.05) is 24.6 Å². The van der Waals surface area contributed by atoms with Crippen LogP contribution in [0.4, 0.5) is 0 Å². The predicted molar refractivity (Wildman–Crippen MR) is 213 cm³/mol. The molecule has 0 fully saturated rings. The van der Waals surface area contributed by atoms with Gasteiger partial charge in [0.1, 0.15) is 0 Å². The highest BCUT2D eigenvalue weighted by Crippen LogP contribution is 2.21. The lowest BCUT2D eigenvalue weighted by molar-refractivity contribution is 0.0607. The molecule has 0 aliphatic rings. The number of aliphatic hydroxyl groups excluding tert-OH is 2. The quantitative estimate of drug-likeness (QED) is 0.0385. The van der Waals surface area contributed by atoms with Crippen molar-refractivity contribution in [1.82, 2.24) is 4.90 Å². The van der Waals surface area contributed by atoms with E-state index < -0.39 is 0 Å². The summed E-state index contributed by atoms with van der Waals surface area (Å²) >= 11 is 0. The van der Waals surface area contributed by atoms with E-state index in [0.29, 0.717) is 13.1 Å². The smallest absolute Gasteiger partial charge is 0.0667 e. The van der Waals surface area contributed by atoms with Crippen LogP contribution in [0.3, 0.4) is 0 Å². The van der Waals surface area contributed by atoms with E-state index in [4.69, 9.17) is 0 Å². The highest BCUT2D eigenvalue weighted by Gasteiger charge is 2.15. The van der Waals surface area contributed by atoms with Gasteiger partial charge in [0.05, 0.1) is 12.2 Å². The Labute approximate surface area is 297 Å². The molecule has 5 heteroatoms. The molecule has 0 amide bonds. The van der Waals surface area contributed by atoms with E-state index in [2.05, 4.69) is 50.0 Å². The van der Waals surface area contributed by atoms with Crippen LogP contribution in [0.5, 0.6) is 0 Å². The van der Waals surface area contributed by atoms with E-state index in [1.165, 1.54) is 141 Å². The molecule has 0 radical (unpaired) electrons. The molecular weight excluding hydrogens is 603 g/mol. The highest BCUT2D eigenvalue weighted by molar-refractivity contribution is 8.76. The monoisotopic (exact) mass is 684 g/mol. The summed E-state index contributed by atoms with van der Waals surface area (Å²) < 4.78 is 0. The molecule has 0 rings (SSSR count). The van der Waals surface area contributed by atoms with Crippen LogP contribution in [0.1, 0.15) is 194 Å². The van der Waals surface area contributed by atoms with Crippen LogP contribution in [0.2, 0.25) is 0 Å². The van der Waals surface area contributed by atoms with Crippen molar-refractivity contribution in [2.75, 3.05) is 31.1 Å². The predicted octanol–water partition coefficient (Wildman–Crippen LogP) is 13.1. The van der Waals surface area contributed by atoms with E-state index >= 15 is 0 Å². The van der Waals surface area contributed by atoms with Crippen molar-refractivity contribution in [3.63, 3.8) is 0 Å². The lowest BCUT2D eigenvalue weighted by Gasteiger charge is -2.27. The summed E-state index contributed by atoms with van der Waals surface area (Å²) in [7, 11) is 3.88. The van der Waals surface area contributed by atoms with Crippen LogP contribution in [-0.2, 0) is 0 Å². The van der Waals surface area contributed by atoms with Gasteiger partial charge in [-0.15, -0.1) is 0 Å². The van der Waals surface area contributed by atoms with Gasteiger partial charge < -0.3 is 10.2 Å². The number of rotatable bonds is 38. The van der Waals surface area contributed by atoms with Crippen LogP contribution in [0, 0.1) is 0 Å². The molecule has 0 aliphatic heterocycles. The van der Waals surface area contributed by atoms with Crippen LogP contribution in [0.15, 0.2) is 24.3 Å². The molecular formula is C41H81NO2S2. The molecule has 0 aromatic rings. The van der Waals surface area contributed by atoms with E-state index in [-0.39, 0.29) is 12.2 Å². The molecule has 0 saturated carbocycles. The fraction of sp³-hybridized carbons (Fsp3) is 0.902. The molecule has 0 bridgehead atoms. The summed E-state index contributed by atoms with van der Waals surface area (Å²) in [5.74, 6) is 2.29. The minimum absolute atomic E-state index is 0.281. The van der Waals surface area contributed by atoms with Crippen molar-refractivity contribution in [2.24, 2.45) is 0 Å². The van der Waals surface area contributed by atoms with E-state index in [0.717, 1.165) is 50.2 Å². The molecule has 0 spiro atoms. The highest BCUT2D eigenvalue weighted by atomic mass is 33.1. The SMILES string of the molecule is CCCCCCCC/C=C\CCCCCCC(O)CN(CCCSSCC)CC(O)CCCCCC/C=C\CCCCCCCC. The van der Waals surface area contributed by atoms with Gasteiger partial charge in [-0.3, -0.25) is 4.90 Å². The maximum Gasteiger partial charge on any atom is 0.0667 e. The lowest BCUT2D eigenvalue weighted by Crippen LogP contribution is -2.39. The first-order valence-electron chi connectivity index (χ1n) is 20.3. The lowest BCUT2D eigenvalue weighted by atomic mass is 10.1. The van der Waals surface area contributed by atoms with E-state index in [9.17, 15) is 10.2 Å². The molecule has 0 saturated heterocycles. The van der Waals surface area contributed by atoms with Gasteiger partial charge in [-0.25, -0.2) is 0 Å². The second-order valence-electron chi connectivity index (χ2n) is 13.7. The van der Waals surface area contributed by atoms with Crippen LogP contribution in [0.25, 0.3) is 0 Å². The van der Waals surface area contributed by atoms with Crippen molar-refractivity contribution in [1.29, 1.82) is 0 Å². The van der Waals surface area contributed by atoms with E-state index in [1.54, 1.807) is 0 Å². The molecule has 0 aliphatic carbocycles. The second-order valence-corrected chi connectivity index (χ2v) is 16.6. The standard InChI is InChI=1S/C41H81NO2S2/c1-4-7-9-11-13-15-17-19-21-23-25-27-29-31-34-40(43)38-42(36-33-37-46-45-6-3)39-41(44)35-32-30-28-26-24-22-20-18-16-14-12-10-8-5-2/h19-22,40-41,43-44H,4-18,23-39H2,1-3H3/b21-19-,22-20-. The number of unbranched alkanes of at least 4 members (excludes halogenated alkanes) is 20. The second kappa shape index (κ2) is 39.5. The van der Waals surface area contributed by atoms with Crippen LogP contribution >= 0.6 is 21.6 Å². The summed E-state index contributed by atoms with van der Waals surface area (Å²) in [5, 5.41) is 21.6. The fourth-order valence-corrected chi connectivity index (χ4v) is 7.81. The topological polar surface area (TPSA) is 43.7 Å². The van der Waals surface area contributed by atoms with Gasteiger partial charge in [0.25, 0.3) is 0 Å². The molecule has 274 valence electrons. The summed E-state index contributed by atoms with van der Waals surface area (Å²) in [6.07, 6.45) is 43.0. The third-order valence-corrected chi connectivity index (χ3v) is 11.5. The first kappa shape index (κ1) is 46.1. The van der Waals surface area contributed by atoms with Gasteiger partial charge in [-0.1, -0.05) is 169 Å². The average Bonchev–Trinajstić information content (AvgIpc) is 3.04. The maximum absolute atomic E-state index is 10.8. The number of aliphatic hydroxyl groups is 2. The van der Waals surface area contributed by atoms with E-state index in [1.807, 2.05) is 21.6 Å². The number of hydrogen-bond donors (Lipinski definition) is 2. The minimum atomic E-state index is -0.281. The zero-order valence-electron chi connectivity index (χ0n) is 31.2. The molecule has 3 nitrogen and oxygen atoms in total. The Kier molecular flexibility index (Phi) is 39.5. The molecule has 0 aromatic heterocycles. The first-order valence-corrected chi connectivity index (χ1v) is 22.8. The Hall–Kier alpha value is 0.0600. The zero-order chi connectivity index (χ0) is 33.6. The van der Waals surface area contributed by atoms with Gasteiger partial charge in [-0.2, -0.15) is 0 Å². The molecule has 46 heavy (non-hydrogen) atoms. The minimum Gasteiger partial charge on any atom is -0.392 e. The molecule has 2 unspecified atom stereocenters. The summed E-state index contributed by atoms with van der Waals surface area (Å²) in [6.45, 7) is 9.15. The largest absolute Gasteiger partial charge is 0.392 e. The Morgan fingerprint density at radius 1 is 0.457 bits per heavy atom. The van der Waals surface area contributed by atoms with Crippen molar-refractivity contribution in [3.05, 3.63) is 24.3 Å².